The molecule has 0 saturated heterocycles. The van der Waals surface area contributed by atoms with Gasteiger partial charge in [-0.15, -0.1) is 4.72 Å². The molecule has 1 unspecified atom stereocenters. The average molecular weight is 498 g/mol. The lowest BCUT2D eigenvalue weighted by Crippen LogP contribution is -2.42. The molecule has 4 aromatic rings. The van der Waals surface area contributed by atoms with Gasteiger partial charge >= 0.3 is 0 Å². The first kappa shape index (κ1) is 22.0. The van der Waals surface area contributed by atoms with Crippen molar-refractivity contribution in [1.29, 1.82) is 0 Å². The van der Waals surface area contributed by atoms with Crippen molar-refractivity contribution in [2.24, 2.45) is 0 Å². The highest BCUT2D eigenvalue weighted by Crippen LogP contribution is 2.36. The molecule has 31 heavy (non-hydrogen) atoms. The van der Waals surface area contributed by atoms with Gasteiger partial charge in [0.25, 0.3) is 0 Å². The number of para-hydroxylation sites is 1. The Morgan fingerprint density at radius 3 is 2.58 bits per heavy atom. The second kappa shape index (κ2) is 9.12. The molecule has 0 aliphatic carbocycles. The monoisotopic (exact) mass is 497 g/mol. The zero-order chi connectivity index (χ0) is 22.0. The first-order valence-electron chi connectivity index (χ1n) is 10.1. The number of halogens is 1. The number of rotatable bonds is 6. The van der Waals surface area contributed by atoms with Crippen LogP contribution >= 0.6 is 15.9 Å². The molecule has 5 nitrogen and oxygen atoms in total. The normalized spacial score (nSPS) is 14.0. The van der Waals surface area contributed by atoms with Gasteiger partial charge in [0.2, 0.25) is 0 Å². The van der Waals surface area contributed by atoms with Crippen LogP contribution in [0.4, 0.5) is 0 Å². The van der Waals surface area contributed by atoms with Crippen molar-refractivity contribution in [3.63, 3.8) is 0 Å². The quantitative estimate of drug-likeness (QED) is 0.331. The van der Waals surface area contributed by atoms with Gasteiger partial charge in [0.1, 0.15) is 10.4 Å². The van der Waals surface area contributed by atoms with Gasteiger partial charge in [0.05, 0.1) is 15.9 Å². The van der Waals surface area contributed by atoms with E-state index in [4.69, 9.17) is 4.52 Å². The maximum Gasteiger partial charge on any atom is 0.181 e. The van der Waals surface area contributed by atoms with E-state index >= 15 is 0 Å². The van der Waals surface area contributed by atoms with Crippen molar-refractivity contribution < 1.29 is 9.08 Å². The Morgan fingerprint density at radius 2 is 1.84 bits per heavy atom. The summed E-state index contributed by atoms with van der Waals surface area (Å²) in [4.78, 5) is 4.49. The largest absolute Gasteiger partial charge is 0.598 e. The van der Waals surface area contributed by atoms with Crippen molar-refractivity contribution >= 4 is 38.3 Å². The number of benzene rings is 2. The summed E-state index contributed by atoms with van der Waals surface area (Å²) in [7, 11) is 0. The van der Waals surface area contributed by atoms with Crippen LogP contribution in [0.2, 0.25) is 0 Å². The predicted octanol–water partition coefficient (Wildman–Crippen LogP) is 5.99. The van der Waals surface area contributed by atoms with E-state index in [0.717, 1.165) is 32.4 Å². The molecular weight excluding hydrogens is 474 g/mol. The van der Waals surface area contributed by atoms with Gasteiger partial charge in [0.15, 0.2) is 5.58 Å². The highest BCUT2D eigenvalue weighted by atomic mass is 79.9. The molecule has 2 aromatic carbocycles. The number of hydrogen-bond donors (Lipinski definition) is 1. The molecule has 0 saturated carbocycles. The smallest absolute Gasteiger partial charge is 0.181 e. The molecule has 0 fully saturated rings. The molecule has 2 atom stereocenters. The van der Waals surface area contributed by atoms with Crippen LogP contribution in [0.5, 0.6) is 0 Å². The van der Waals surface area contributed by atoms with E-state index in [9.17, 15) is 4.55 Å². The molecular formula is C24H24BrN3O2S. The lowest BCUT2D eigenvalue weighted by molar-refractivity contribution is 0.458. The fourth-order valence-electron chi connectivity index (χ4n) is 3.39. The van der Waals surface area contributed by atoms with Crippen molar-refractivity contribution in [3.05, 3.63) is 82.6 Å². The van der Waals surface area contributed by atoms with Crippen molar-refractivity contribution in [1.82, 2.24) is 14.9 Å². The molecule has 2 heterocycles. The fraction of sp³-hybridized carbons (Fsp3) is 0.250. The topological polar surface area (TPSA) is 74.0 Å². The Balaban J connectivity index is 1.80. The van der Waals surface area contributed by atoms with Crippen molar-refractivity contribution in [2.75, 3.05) is 0 Å². The zero-order valence-corrected chi connectivity index (χ0v) is 20.0. The second-order valence-corrected chi connectivity index (χ2v) is 11.2. The molecule has 0 aliphatic rings. The van der Waals surface area contributed by atoms with Crippen molar-refractivity contribution in [3.8, 4) is 11.3 Å². The van der Waals surface area contributed by atoms with E-state index < -0.39 is 16.1 Å². The number of pyridine rings is 1. The highest BCUT2D eigenvalue weighted by molar-refractivity contribution is 9.10. The number of aromatic nitrogens is 2. The Morgan fingerprint density at radius 1 is 1.06 bits per heavy atom. The molecule has 4 rings (SSSR count). The standard InChI is InChI=1S/C24H24BrN3O2S/c1-24(2,3)31(29)28-21(15-16-9-6-7-14-26-16)17-10-4-5-11-18(17)22-19-12-8-13-20(25)23(19)30-27-22/h4-14,21,28H,15H2,1-3H3/t21?,31-/m0/s1. The van der Waals surface area contributed by atoms with E-state index in [-0.39, 0.29) is 6.04 Å². The lowest BCUT2D eigenvalue weighted by atomic mass is 9.94. The first-order valence-corrected chi connectivity index (χ1v) is 12.0. The Bertz CT molecular complexity index is 1170. The van der Waals surface area contributed by atoms with Gasteiger partial charge in [-0.2, -0.15) is 0 Å². The van der Waals surface area contributed by atoms with Crippen molar-refractivity contribution in [2.45, 2.75) is 38.0 Å². The predicted molar refractivity (Wildman–Crippen MR) is 129 cm³/mol. The van der Waals surface area contributed by atoms with E-state index in [1.165, 1.54) is 0 Å². The summed E-state index contributed by atoms with van der Waals surface area (Å²) >= 11 is 2.28. The molecule has 2 aromatic heterocycles. The third kappa shape index (κ3) is 4.85. The minimum Gasteiger partial charge on any atom is -0.598 e. The van der Waals surface area contributed by atoms with Crippen LogP contribution in [0.3, 0.4) is 0 Å². The highest BCUT2D eigenvalue weighted by Gasteiger charge is 2.31. The summed E-state index contributed by atoms with van der Waals surface area (Å²) in [6, 6.07) is 19.6. The SMILES string of the molecule is CC(C)(C)[S@+]([O-])NC(Cc1ccccn1)c1ccccc1-c1noc2c(Br)cccc12. The van der Waals surface area contributed by atoms with Gasteiger partial charge in [-0.25, -0.2) is 0 Å². The third-order valence-corrected chi connectivity index (χ3v) is 7.22. The van der Waals surface area contributed by atoms with Crippen LogP contribution in [0.1, 0.15) is 38.1 Å². The first-order chi connectivity index (χ1) is 14.8. The molecule has 0 radical (unpaired) electrons. The Hall–Kier alpha value is -2.19. The molecule has 0 amide bonds. The summed E-state index contributed by atoms with van der Waals surface area (Å²) < 4.78 is 22.5. The van der Waals surface area contributed by atoms with Gasteiger partial charge in [0, 0.05) is 35.2 Å². The summed E-state index contributed by atoms with van der Waals surface area (Å²) in [6.45, 7) is 5.88. The van der Waals surface area contributed by atoms with Gasteiger partial charge in [-0.05, 0) is 66.5 Å². The van der Waals surface area contributed by atoms with Gasteiger partial charge in [-0.1, -0.05) is 41.6 Å². The molecule has 0 spiro atoms. The van der Waals surface area contributed by atoms with Crippen LogP contribution in [0.15, 0.2) is 75.9 Å². The maximum absolute atomic E-state index is 13.0. The molecule has 1 N–H and O–H groups in total. The minimum absolute atomic E-state index is 0.218. The van der Waals surface area contributed by atoms with Crippen LogP contribution in [-0.2, 0) is 17.8 Å². The maximum atomic E-state index is 13.0. The van der Waals surface area contributed by atoms with Crippen LogP contribution in [-0.4, -0.2) is 19.4 Å². The zero-order valence-electron chi connectivity index (χ0n) is 17.6. The number of nitrogens with one attached hydrogen (secondary N) is 1. The second-order valence-electron chi connectivity index (χ2n) is 8.31. The van der Waals surface area contributed by atoms with E-state index in [1.54, 1.807) is 6.20 Å². The summed E-state index contributed by atoms with van der Waals surface area (Å²) in [5.41, 5.74) is 4.34. The molecule has 0 bridgehead atoms. The molecule has 0 aliphatic heterocycles. The Kier molecular flexibility index (Phi) is 6.48. The lowest BCUT2D eigenvalue weighted by Gasteiger charge is -2.29. The van der Waals surface area contributed by atoms with E-state index in [0.29, 0.717) is 12.0 Å². The van der Waals surface area contributed by atoms with Crippen LogP contribution < -0.4 is 4.72 Å². The van der Waals surface area contributed by atoms with Gasteiger partial charge < -0.3 is 9.08 Å². The Labute approximate surface area is 193 Å². The molecule has 7 heteroatoms. The summed E-state index contributed by atoms with van der Waals surface area (Å²) in [6.07, 6.45) is 2.38. The van der Waals surface area contributed by atoms with E-state index in [2.05, 4.69) is 30.8 Å². The van der Waals surface area contributed by atoms with Gasteiger partial charge in [-0.3, -0.25) is 4.98 Å². The van der Waals surface area contributed by atoms with Crippen LogP contribution in [0.25, 0.3) is 22.2 Å². The fourth-order valence-corrected chi connectivity index (χ4v) is 4.65. The number of hydrogen-bond acceptors (Lipinski definition) is 5. The number of nitrogens with zero attached hydrogens (tertiary/aromatic N) is 2. The molecule has 160 valence electrons. The number of fused-ring (bicyclic) bond motifs is 1. The third-order valence-electron chi connectivity index (χ3n) is 4.99. The minimum atomic E-state index is -1.26. The summed E-state index contributed by atoms with van der Waals surface area (Å²) in [5, 5.41) is 5.31. The summed E-state index contributed by atoms with van der Waals surface area (Å²) in [5.74, 6) is 0. The average Bonchev–Trinajstić information content (AvgIpc) is 3.19. The van der Waals surface area contributed by atoms with E-state index in [1.807, 2.05) is 81.4 Å². The van der Waals surface area contributed by atoms with Crippen LogP contribution in [0, 0.1) is 0 Å².